The predicted molar refractivity (Wildman–Crippen MR) is 144 cm³/mol. The summed E-state index contributed by atoms with van der Waals surface area (Å²) in [6.45, 7) is 14.0. The van der Waals surface area contributed by atoms with Crippen LogP contribution in [0.15, 0.2) is 69.5 Å². The van der Waals surface area contributed by atoms with Crippen LogP contribution in [0.5, 0.6) is 0 Å². The quantitative estimate of drug-likeness (QED) is 0.198. The first kappa shape index (κ1) is 19.8. The van der Waals surface area contributed by atoms with Crippen molar-refractivity contribution in [3.8, 4) is 0 Å². The van der Waals surface area contributed by atoms with Gasteiger partial charge in [-0.05, 0) is 45.8 Å². The Hall–Kier alpha value is -2.83. The van der Waals surface area contributed by atoms with Crippen LogP contribution in [-0.4, -0.2) is 16.1 Å². The van der Waals surface area contributed by atoms with E-state index < -0.39 is 16.1 Å². The van der Waals surface area contributed by atoms with E-state index in [9.17, 15) is 0 Å². The molecule has 0 bridgehead atoms. The molecule has 6 rings (SSSR count). The second kappa shape index (κ2) is 6.36. The monoisotopic (exact) mass is 452 g/mol. The van der Waals surface area contributed by atoms with E-state index in [0.717, 1.165) is 21.9 Å². The van der Waals surface area contributed by atoms with Gasteiger partial charge in [0.25, 0.3) is 0 Å². The molecule has 4 heteroatoms. The Morgan fingerprint density at radius 1 is 0.438 bits per heavy atom. The second-order valence-electron chi connectivity index (χ2n) is 11.1. The second-order valence-corrected chi connectivity index (χ2v) is 21.1. The summed E-state index contributed by atoms with van der Waals surface area (Å²) in [5.74, 6) is 0. The highest BCUT2D eigenvalue weighted by Crippen LogP contribution is 2.37. The summed E-state index contributed by atoms with van der Waals surface area (Å²) in [6.07, 6.45) is 0. The molecule has 0 aliphatic carbocycles. The fraction of sp³-hybridized carbons (Fsp3) is 0.214. The smallest absolute Gasteiger partial charge is 0.141 e. The average molecular weight is 453 g/mol. The van der Waals surface area contributed by atoms with E-state index in [2.05, 4.69) is 99.9 Å². The first-order valence-corrected chi connectivity index (χ1v) is 18.4. The molecule has 0 aliphatic rings. The third kappa shape index (κ3) is 2.83. The molecule has 0 atom stereocenters. The highest BCUT2D eigenvalue weighted by molar-refractivity contribution is 6.88. The number of furan rings is 2. The number of hydrogen-bond donors (Lipinski definition) is 0. The Kier molecular flexibility index (Phi) is 3.94. The van der Waals surface area contributed by atoms with Gasteiger partial charge < -0.3 is 8.83 Å². The molecule has 160 valence electrons. The Balaban J connectivity index is 1.66. The lowest BCUT2D eigenvalue weighted by Crippen LogP contribution is -2.36. The summed E-state index contributed by atoms with van der Waals surface area (Å²) in [7, 11) is -3.01. The fourth-order valence-corrected chi connectivity index (χ4v) is 6.77. The largest absolute Gasteiger partial charge is 0.466 e. The zero-order valence-corrected chi connectivity index (χ0v) is 21.6. The van der Waals surface area contributed by atoms with Crippen LogP contribution in [0.4, 0.5) is 0 Å². The van der Waals surface area contributed by atoms with E-state index in [1.54, 1.807) is 0 Å². The number of fused-ring (bicyclic) bond motifs is 9. The van der Waals surface area contributed by atoms with Gasteiger partial charge >= 0.3 is 0 Å². The molecule has 2 aromatic heterocycles. The molecule has 4 aromatic carbocycles. The Morgan fingerprint density at radius 3 is 1.12 bits per heavy atom. The van der Waals surface area contributed by atoms with Crippen molar-refractivity contribution in [2.24, 2.45) is 0 Å². The van der Waals surface area contributed by atoms with Gasteiger partial charge in [-0.2, -0.15) is 0 Å². The first-order chi connectivity index (χ1) is 15.1. The van der Waals surface area contributed by atoms with Crippen molar-refractivity contribution in [1.29, 1.82) is 0 Å². The Labute approximate surface area is 189 Å². The summed E-state index contributed by atoms with van der Waals surface area (Å²) >= 11 is 0. The van der Waals surface area contributed by atoms with Crippen LogP contribution in [0.1, 0.15) is 0 Å². The molecule has 0 N–H and O–H groups in total. The van der Waals surface area contributed by atoms with E-state index in [4.69, 9.17) is 8.83 Å². The highest BCUT2D eigenvalue weighted by Gasteiger charge is 2.24. The molecule has 0 unspecified atom stereocenters. The number of rotatable bonds is 2. The molecule has 0 spiro atoms. The van der Waals surface area contributed by atoms with Crippen LogP contribution in [-0.2, 0) is 0 Å². The minimum absolute atomic E-state index is 1.02. The third-order valence-electron chi connectivity index (χ3n) is 6.63. The summed E-state index contributed by atoms with van der Waals surface area (Å²) in [4.78, 5) is 0. The first-order valence-electron chi connectivity index (χ1n) is 11.4. The normalized spacial score (nSPS) is 13.3. The Morgan fingerprint density at radius 2 is 0.750 bits per heavy atom. The Bertz CT molecular complexity index is 1560. The molecular weight excluding hydrogens is 424 g/mol. The lowest BCUT2D eigenvalue weighted by atomic mass is 9.96. The van der Waals surface area contributed by atoms with Crippen molar-refractivity contribution in [3.63, 3.8) is 0 Å². The van der Waals surface area contributed by atoms with Crippen LogP contribution >= 0.6 is 0 Å². The number of hydrogen-bond acceptors (Lipinski definition) is 2. The molecule has 6 aromatic rings. The van der Waals surface area contributed by atoms with Gasteiger partial charge in [-0.1, -0.05) is 75.7 Å². The van der Waals surface area contributed by atoms with Gasteiger partial charge in [0.1, 0.15) is 27.3 Å². The lowest BCUT2D eigenvalue weighted by Gasteiger charge is -2.11. The maximum atomic E-state index is 6.42. The van der Waals surface area contributed by atoms with Crippen molar-refractivity contribution in [2.75, 3.05) is 0 Å². The summed E-state index contributed by atoms with van der Waals surface area (Å²) in [5, 5.41) is 12.1. The third-order valence-corrected chi connectivity index (χ3v) is 10.1. The van der Waals surface area contributed by atoms with Crippen molar-refractivity contribution >= 4 is 81.2 Å². The van der Waals surface area contributed by atoms with Gasteiger partial charge in [0, 0.05) is 21.5 Å². The maximum Gasteiger partial charge on any atom is 0.141 e. The molecule has 32 heavy (non-hydrogen) atoms. The van der Waals surface area contributed by atoms with Crippen molar-refractivity contribution < 1.29 is 8.83 Å². The SMILES string of the molecule is C[Si](C)(C)c1cc2ccc3c4ccc5c(ccc6cc([Si](C)(C)C)oc65)c4ccc3c2o1. The molecule has 0 saturated heterocycles. The van der Waals surface area contributed by atoms with Crippen molar-refractivity contribution in [1.82, 2.24) is 0 Å². The minimum Gasteiger partial charge on any atom is -0.466 e. The molecular formula is C28H28O2Si2. The van der Waals surface area contributed by atoms with Crippen LogP contribution < -0.4 is 10.8 Å². The van der Waals surface area contributed by atoms with Crippen LogP contribution in [0.3, 0.4) is 0 Å². The predicted octanol–water partition coefficient (Wildman–Crippen LogP) is 7.73. The molecule has 0 fully saturated rings. The van der Waals surface area contributed by atoms with Gasteiger partial charge in [-0.15, -0.1) is 0 Å². The topological polar surface area (TPSA) is 26.3 Å². The van der Waals surface area contributed by atoms with Gasteiger partial charge in [0.05, 0.1) is 10.8 Å². The molecule has 0 radical (unpaired) electrons. The van der Waals surface area contributed by atoms with E-state index >= 15 is 0 Å². The highest BCUT2D eigenvalue weighted by atomic mass is 28.3. The van der Waals surface area contributed by atoms with E-state index in [-0.39, 0.29) is 0 Å². The zero-order valence-electron chi connectivity index (χ0n) is 19.6. The molecule has 0 amide bonds. The average Bonchev–Trinajstić information content (AvgIpc) is 3.37. The molecule has 2 nitrogen and oxygen atoms in total. The zero-order chi connectivity index (χ0) is 22.4. The van der Waals surface area contributed by atoms with E-state index in [1.807, 2.05) is 0 Å². The van der Waals surface area contributed by atoms with Gasteiger partial charge in [-0.3, -0.25) is 0 Å². The summed E-state index contributed by atoms with van der Waals surface area (Å²) in [5.41, 5.74) is 2.03. The van der Waals surface area contributed by atoms with Crippen LogP contribution in [0.2, 0.25) is 39.3 Å². The number of benzene rings is 4. The van der Waals surface area contributed by atoms with Crippen LogP contribution in [0.25, 0.3) is 54.3 Å². The van der Waals surface area contributed by atoms with E-state index in [0.29, 0.717) is 0 Å². The molecule has 0 aliphatic heterocycles. The van der Waals surface area contributed by atoms with Crippen molar-refractivity contribution in [2.45, 2.75) is 39.3 Å². The van der Waals surface area contributed by atoms with E-state index in [1.165, 1.54) is 43.1 Å². The maximum absolute atomic E-state index is 6.42. The molecule has 2 heterocycles. The van der Waals surface area contributed by atoms with Crippen LogP contribution in [0, 0.1) is 0 Å². The summed E-state index contributed by atoms with van der Waals surface area (Å²) in [6, 6.07) is 22.4. The van der Waals surface area contributed by atoms with Crippen molar-refractivity contribution in [3.05, 3.63) is 60.7 Å². The minimum atomic E-state index is -1.51. The van der Waals surface area contributed by atoms with Gasteiger partial charge in [0.15, 0.2) is 0 Å². The summed E-state index contributed by atoms with van der Waals surface area (Å²) < 4.78 is 12.8. The molecule has 0 saturated carbocycles. The van der Waals surface area contributed by atoms with Gasteiger partial charge in [-0.25, -0.2) is 0 Å². The fourth-order valence-electron chi connectivity index (χ4n) is 4.77. The lowest BCUT2D eigenvalue weighted by molar-refractivity contribution is 0.651. The van der Waals surface area contributed by atoms with Gasteiger partial charge in [0.2, 0.25) is 0 Å². The standard InChI is InChI=1S/C28H28O2Si2/c1-31(2,3)25-15-17-7-9-21-19-12-14-24-22(20(19)11-13-23(21)27(17)29-25)10-8-18-16-26(30-28(18)24)32(4,5)6/h7-16H,1-6H3.